The van der Waals surface area contributed by atoms with Crippen LogP contribution >= 0.6 is 0 Å². The fraction of sp³-hybridized carbons (Fsp3) is 0.800. The zero-order chi connectivity index (χ0) is 10.3. The third-order valence-electron chi connectivity index (χ3n) is 3.38. The molecule has 0 aliphatic carbocycles. The molecule has 2 aliphatic rings. The van der Waals surface area contributed by atoms with Crippen molar-refractivity contribution >= 4 is 11.9 Å². The monoisotopic (exact) mass is 197 g/mol. The molecule has 4 nitrogen and oxygen atoms in total. The molecule has 0 aromatic carbocycles. The number of hydrogen-bond donors (Lipinski definition) is 0. The largest absolute Gasteiger partial charge is 0.467 e. The van der Waals surface area contributed by atoms with E-state index in [4.69, 9.17) is 0 Å². The summed E-state index contributed by atoms with van der Waals surface area (Å²) >= 11 is 0. The summed E-state index contributed by atoms with van der Waals surface area (Å²) in [5.41, 5.74) is 0. The highest BCUT2D eigenvalue weighted by molar-refractivity contribution is 5.92. The maximum absolute atomic E-state index is 11.6. The summed E-state index contributed by atoms with van der Waals surface area (Å²) in [5.74, 6) is 0.0189. The Morgan fingerprint density at radius 3 is 2.86 bits per heavy atom. The first-order valence-electron chi connectivity index (χ1n) is 5.10. The number of methoxy groups -OCH3 is 1. The number of β-lactam (4-membered cyclic amide) rings is 1. The van der Waals surface area contributed by atoms with Crippen molar-refractivity contribution in [2.45, 2.75) is 38.3 Å². The quantitative estimate of drug-likeness (QED) is 0.480. The number of nitrogens with zero attached hydrogens (tertiary/aromatic N) is 1. The molecule has 3 atom stereocenters. The van der Waals surface area contributed by atoms with Crippen LogP contribution in [-0.4, -0.2) is 36.0 Å². The SMILES string of the molecule is CCC1C(=O)N2[C@@H]1CC[C@H]2C(=O)OC. The van der Waals surface area contributed by atoms with Gasteiger partial charge in [0, 0.05) is 6.04 Å². The lowest BCUT2D eigenvalue weighted by atomic mass is 9.86. The molecule has 78 valence electrons. The summed E-state index contributed by atoms with van der Waals surface area (Å²) < 4.78 is 4.67. The zero-order valence-corrected chi connectivity index (χ0v) is 8.53. The highest BCUT2D eigenvalue weighted by Gasteiger charge is 2.55. The summed E-state index contributed by atoms with van der Waals surface area (Å²) in [7, 11) is 1.37. The third kappa shape index (κ3) is 1.06. The van der Waals surface area contributed by atoms with Gasteiger partial charge in [-0.3, -0.25) is 4.79 Å². The van der Waals surface area contributed by atoms with Gasteiger partial charge in [0.1, 0.15) is 6.04 Å². The van der Waals surface area contributed by atoms with E-state index in [-0.39, 0.29) is 23.8 Å². The van der Waals surface area contributed by atoms with E-state index in [9.17, 15) is 9.59 Å². The van der Waals surface area contributed by atoms with Crippen LogP contribution in [0.3, 0.4) is 0 Å². The van der Waals surface area contributed by atoms with E-state index < -0.39 is 0 Å². The number of fused-ring (bicyclic) bond motifs is 1. The van der Waals surface area contributed by atoms with Crippen molar-refractivity contribution in [3.05, 3.63) is 0 Å². The van der Waals surface area contributed by atoms with E-state index in [1.165, 1.54) is 7.11 Å². The molecule has 1 amide bonds. The van der Waals surface area contributed by atoms with Crippen molar-refractivity contribution < 1.29 is 14.3 Å². The highest BCUT2D eigenvalue weighted by atomic mass is 16.5. The molecular weight excluding hydrogens is 182 g/mol. The minimum absolute atomic E-state index is 0.130. The van der Waals surface area contributed by atoms with Crippen molar-refractivity contribution in [2.24, 2.45) is 5.92 Å². The number of carbonyl (C=O) groups is 2. The number of esters is 1. The molecule has 0 radical (unpaired) electrons. The summed E-state index contributed by atoms with van der Waals surface area (Å²) in [6.45, 7) is 2.02. The van der Waals surface area contributed by atoms with Gasteiger partial charge in [0.15, 0.2) is 0 Å². The van der Waals surface area contributed by atoms with Crippen LogP contribution in [0.1, 0.15) is 26.2 Å². The normalized spacial score (nSPS) is 35.1. The molecule has 0 aromatic heterocycles. The van der Waals surface area contributed by atoms with Gasteiger partial charge in [-0.05, 0) is 19.3 Å². The van der Waals surface area contributed by atoms with Crippen molar-refractivity contribution in [1.82, 2.24) is 4.90 Å². The molecular formula is C10H15NO3. The van der Waals surface area contributed by atoms with Crippen LogP contribution in [0.4, 0.5) is 0 Å². The molecule has 0 aromatic rings. The van der Waals surface area contributed by atoms with Crippen molar-refractivity contribution in [3.8, 4) is 0 Å². The van der Waals surface area contributed by atoms with Crippen LogP contribution in [0.5, 0.6) is 0 Å². The van der Waals surface area contributed by atoms with Gasteiger partial charge in [0.25, 0.3) is 0 Å². The van der Waals surface area contributed by atoms with E-state index in [0.29, 0.717) is 6.04 Å². The Balaban J connectivity index is 2.08. The summed E-state index contributed by atoms with van der Waals surface area (Å²) in [5, 5.41) is 0. The number of hydrogen-bond acceptors (Lipinski definition) is 3. The zero-order valence-electron chi connectivity index (χ0n) is 8.53. The standard InChI is InChI=1S/C10H15NO3/c1-3-6-7-4-5-8(10(13)14-2)11(7)9(6)12/h6-8H,3-5H2,1-2H3/t6?,7-,8+/m1/s1. The Kier molecular flexibility index (Phi) is 2.21. The van der Waals surface area contributed by atoms with Gasteiger partial charge in [0.2, 0.25) is 5.91 Å². The number of ether oxygens (including phenoxy) is 1. The first-order chi connectivity index (χ1) is 6.70. The molecule has 4 heteroatoms. The van der Waals surface area contributed by atoms with E-state index in [1.807, 2.05) is 6.92 Å². The van der Waals surface area contributed by atoms with Gasteiger partial charge < -0.3 is 9.64 Å². The molecule has 2 heterocycles. The summed E-state index contributed by atoms with van der Waals surface area (Å²) in [4.78, 5) is 24.7. The van der Waals surface area contributed by atoms with Gasteiger partial charge in [0.05, 0.1) is 13.0 Å². The minimum atomic E-state index is -0.305. The van der Waals surface area contributed by atoms with E-state index >= 15 is 0 Å². The van der Waals surface area contributed by atoms with Gasteiger partial charge in [-0.1, -0.05) is 6.92 Å². The Morgan fingerprint density at radius 2 is 2.29 bits per heavy atom. The van der Waals surface area contributed by atoms with E-state index in [1.54, 1.807) is 4.90 Å². The molecule has 0 spiro atoms. The molecule has 0 bridgehead atoms. The first kappa shape index (κ1) is 9.49. The lowest BCUT2D eigenvalue weighted by molar-refractivity contribution is -0.165. The van der Waals surface area contributed by atoms with E-state index in [2.05, 4.69) is 4.74 Å². The van der Waals surface area contributed by atoms with Crippen LogP contribution in [0.2, 0.25) is 0 Å². The van der Waals surface area contributed by atoms with Crippen LogP contribution in [-0.2, 0) is 14.3 Å². The van der Waals surface area contributed by atoms with Crippen LogP contribution in [0.15, 0.2) is 0 Å². The average molecular weight is 197 g/mol. The topological polar surface area (TPSA) is 46.6 Å². The van der Waals surface area contributed by atoms with Gasteiger partial charge in [-0.2, -0.15) is 0 Å². The predicted molar refractivity (Wildman–Crippen MR) is 49.5 cm³/mol. The lowest BCUT2D eigenvalue weighted by Crippen LogP contribution is -2.61. The van der Waals surface area contributed by atoms with Crippen molar-refractivity contribution in [3.63, 3.8) is 0 Å². The first-order valence-corrected chi connectivity index (χ1v) is 5.10. The number of rotatable bonds is 2. The Labute approximate surface area is 83.2 Å². The highest BCUT2D eigenvalue weighted by Crippen LogP contribution is 2.41. The Bertz CT molecular complexity index is 277. The Hall–Kier alpha value is -1.06. The molecule has 0 N–H and O–H groups in total. The number of carbonyl (C=O) groups excluding carboxylic acids is 2. The van der Waals surface area contributed by atoms with Gasteiger partial charge in [-0.25, -0.2) is 4.79 Å². The second-order valence-electron chi connectivity index (χ2n) is 3.94. The van der Waals surface area contributed by atoms with Gasteiger partial charge in [-0.15, -0.1) is 0 Å². The second kappa shape index (κ2) is 3.26. The van der Waals surface area contributed by atoms with Crippen molar-refractivity contribution in [1.29, 1.82) is 0 Å². The third-order valence-corrected chi connectivity index (χ3v) is 3.38. The smallest absolute Gasteiger partial charge is 0.328 e. The maximum Gasteiger partial charge on any atom is 0.328 e. The van der Waals surface area contributed by atoms with Crippen LogP contribution in [0.25, 0.3) is 0 Å². The molecule has 0 saturated carbocycles. The average Bonchev–Trinajstić information content (AvgIpc) is 2.57. The summed E-state index contributed by atoms with van der Waals surface area (Å²) in [6.07, 6.45) is 2.59. The Morgan fingerprint density at radius 1 is 1.57 bits per heavy atom. The van der Waals surface area contributed by atoms with Crippen LogP contribution < -0.4 is 0 Å². The van der Waals surface area contributed by atoms with Crippen molar-refractivity contribution in [2.75, 3.05) is 7.11 Å². The van der Waals surface area contributed by atoms with Gasteiger partial charge >= 0.3 is 5.97 Å². The van der Waals surface area contributed by atoms with E-state index in [0.717, 1.165) is 19.3 Å². The molecule has 2 aliphatic heterocycles. The molecule has 1 unspecified atom stereocenters. The molecule has 2 rings (SSSR count). The maximum atomic E-state index is 11.6. The minimum Gasteiger partial charge on any atom is -0.467 e. The molecule has 2 saturated heterocycles. The molecule has 14 heavy (non-hydrogen) atoms. The van der Waals surface area contributed by atoms with Crippen LogP contribution in [0, 0.1) is 5.92 Å². The fourth-order valence-corrected chi connectivity index (χ4v) is 2.64. The number of amides is 1. The predicted octanol–water partition coefficient (Wildman–Crippen LogP) is 0.559. The lowest BCUT2D eigenvalue weighted by Gasteiger charge is -2.44. The molecule has 2 fully saturated rings. The second-order valence-corrected chi connectivity index (χ2v) is 3.94. The fourth-order valence-electron chi connectivity index (χ4n) is 2.64. The summed E-state index contributed by atoms with van der Waals surface area (Å²) in [6, 6.07) is -0.00287.